The van der Waals surface area contributed by atoms with Crippen LogP contribution in [0, 0.1) is 6.92 Å². The van der Waals surface area contributed by atoms with Crippen molar-refractivity contribution in [2.75, 3.05) is 6.54 Å². The number of amides is 1. The highest BCUT2D eigenvalue weighted by atomic mass is 16.5. The Morgan fingerprint density at radius 1 is 1.50 bits per heavy atom. The number of hydrogen-bond donors (Lipinski definition) is 1. The summed E-state index contributed by atoms with van der Waals surface area (Å²) >= 11 is 0. The third-order valence-electron chi connectivity index (χ3n) is 3.63. The van der Waals surface area contributed by atoms with E-state index in [0.717, 1.165) is 25.7 Å². The second kappa shape index (κ2) is 5.52. The van der Waals surface area contributed by atoms with Crippen LogP contribution in [0.4, 0.5) is 0 Å². The van der Waals surface area contributed by atoms with Crippen LogP contribution in [0.5, 0.6) is 0 Å². The Morgan fingerprint density at radius 2 is 2.17 bits per heavy atom. The quantitative estimate of drug-likeness (QED) is 0.887. The van der Waals surface area contributed by atoms with E-state index in [2.05, 4.69) is 5.16 Å². The maximum atomic E-state index is 12.3. The summed E-state index contributed by atoms with van der Waals surface area (Å²) in [6, 6.07) is 2.28. The molecule has 2 rings (SSSR count). The topological polar surface area (TPSA) is 72.4 Å². The molecule has 0 saturated heterocycles. The number of aromatic nitrogens is 1. The summed E-state index contributed by atoms with van der Waals surface area (Å²) in [6.45, 7) is 4.49. The minimum absolute atomic E-state index is 0.0326. The van der Waals surface area contributed by atoms with Crippen LogP contribution < -0.4 is 5.73 Å². The lowest BCUT2D eigenvalue weighted by atomic mass is 9.90. The van der Waals surface area contributed by atoms with Gasteiger partial charge in [-0.1, -0.05) is 5.16 Å². The van der Waals surface area contributed by atoms with E-state index in [1.165, 1.54) is 0 Å². The fourth-order valence-electron chi connectivity index (χ4n) is 2.60. The van der Waals surface area contributed by atoms with Gasteiger partial charge < -0.3 is 15.2 Å². The zero-order chi connectivity index (χ0) is 13.1. The molecule has 0 spiro atoms. The molecule has 1 aliphatic rings. The Kier molecular flexibility index (Phi) is 4.01. The van der Waals surface area contributed by atoms with Crippen LogP contribution >= 0.6 is 0 Å². The molecule has 0 aliphatic heterocycles. The van der Waals surface area contributed by atoms with Crippen LogP contribution in [0.25, 0.3) is 0 Å². The first-order chi connectivity index (χ1) is 8.61. The molecule has 0 atom stereocenters. The fraction of sp³-hybridized carbons (Fsp3) is 0.692. The van der Waals surface area contributed by atoms with Crippen LogP contribution in [0.1, 0.15) is 48.9 Å². The van der Waals surface area contributed by atoms with Gasteiger partial charge in [-0.2, -0.15) is 0 Å². The molecule has 1 aliphatic carbocycles. The number of aryl methyl sites for hydroxylation is 1. The first-order valence-electron chi connectivity index (χ1n) is 6.61. The van der Waals surface area contributed by atoms with Crippen LogP contribution in [-0.4, -0.2) is 34.6 Å². The Bertz CT molecular complexity index is 408. The van der Waals surface area contributed by atoms with Gasteiger partial charge in [0.05, 0.1) is 0 Å². The largest absolute Gasteiger partial charge is 0.361 e. The van der Waals surface area contributed by atoms with E-state index in [9.17, 15) is 4.79 Å². The summed E-state index contributed by atoms with van der Waals surface area (Å²) in [6.07, 6.45) is 3.95. The van der Waals surface area contributed by atoms with Crippen molar-refractivity contribution in [2.24, 2.45) is 5.73 Å². The lowest BCUT2D eigenvalue weighted by molar-refractivity contribution is 0.0630. The van der Waals surface area contributed by atoms with Crippen molar-refractivity contribution in [1.29, 1.82) is 0 Å². The van der Waals surface area contributed by atoms with Gasteiger partial charge >= 0.3 is 0 Å². The van der Waals surface area contributed by atoms with Gasteiger partial charge in [-0.15, -0.1) is 0 Å². The molecule has 5 heteroatoms. The van der Waals surface area contributed by atoms with E-state index in [4.69, 9.17) is 10.3 Å². The summed E-state index contributed by atoms with van der Waals surface area (Å²) in [5, 5.41) is 3.80. The lowest BCUT2D eigenvalue weighted by Gasteiger charge is -2.35. The molecule has 2 N–H and O–H groups in total. The maximum Gasteiger partial charge on any atom is 0.276 e. The molecule has 1 aromatic rings. The molecule has 5 nitrogen and oxygen atoms in total. The molecule has 1 fully saturated rings. The Balaban J connectivity index is 2.06. The number of hydrogen-bond acceptors (Lipinski definition) is 4. The van der Waals surface area contributed by atoms with Crippen molar-refractivity contribution in [3.8, 4) is 0 Å². The van der Waals surface area contributed by atoms with E-state index >= 15 is 0 Å². The molecule has 1 aromatic heterocycles. The SMILES string of the molecule is CCN(C(=O)c1cc(C)on1)C1CCC(N)CC1. The van der Waals surface area contributed by atoms with Gasteiger partial charge in [-0.25, -0.2) is 0 Å². The third-order valence-corrected chi connectivity index (χ3v) is 3.63. The van der Waals surface area contributed by atoms with Crippen molar-refractivity contribution < 1.29 is 9.32 Å². The van der Waals surface area contributed by atoms with Gasteiger partial charge in [-0.05, 0) is 39.5 Å². The number of carbonyl (C=O) groups excluding carboxylic acids is 1. The fourth-order valence-corrected chi connectivity index (χ4v) is 2.60. The minimum atomic E-state index is -0.0326. The number of carbonyl (C=O) groups is 1. The van der Waals surface area contributed by atoms with E-state index in [0.29, 0.717) is 30.1 Å². The van der Waals surface area contributed by atoms with Gasteiger partial charge in [0, 0.05) is 24.7 Å². The van der Waals surface area contributed by atoms with E-state index in [1.54, 1.807) is 13.0 Å². The Labute approximate surface area is 107 Å². The van der Waals surface area contributed by atoms with Crippen molar-refractivity contribution in [1.82, 2.24) is 10.1 Å². The highest BCUT2D eigenvalue weighted by Gasteiger charge is 2.28. The predicted octanol–water partition coefficient (Wildman–Crippen LogP) is 1.72. The van der Waals surface area contributed by atoms with Crippen molar-refractivity contribution in [3.63, 3.8) is 0 Å². The van der Waals surface area contributed by atoms with E-state index < -0.39 is 0 Å². The summed E-state index contributed by atoms with van der Waals surface area (Å²) in [7, 11) is 0. The van der Waals surface area contributed by atoms with Crippen molar-refractivity contribution >= 4 is 5.91 Å². The second-order valence-electron chi connectivity index (χ2n) is 4.98. The van der Waals surface area contributed by atoms with Crippen LogP contribution in [0.3, 0.4) is 0 Å². The molecular weight excluding hydrogens is 230 g/mol. The molecule has 0 aromatic carbocycles. The molecule has 100 valence electrons. The molecule has 0 radical (unpaired) electrons. The number of nitrogens with zero attached hydrogens (tertiary/aromatic N) is 2. The van der Waals surface area contributed by atoms with Crippen LogP contribution in [0.15, 0.2) is 10.6 Å². The molecule has 0 bridgehead atoms. The normalized spacial score (nSPS) is 23.9. The Hall–Kier alpha value is -1.36. The zero-order valence-electron chi connectivity index (χ0n) is 11.1. The highest BCUT2D eigenvalue weighted by molar-refractivity contribution is 5.92. The first-order valence-corrected chi connectivity index (χ1v) is 6.61. The third kappa shape index (κ3) is 2.72. The number of rotatable bonds is 3. The molecule has 1 amide bonds. The van der Waals surface area contributed by atoms with Gasteiger partial charge in [0.15, 0.2) is 5.69 Å². The van der Waals surface area contributed by atoms with Crippen molar-refractivity contribution in [3.05, 3.63) is 17.5 Å². The molecule has 1 saturated carbocycles. The summed E-state index contributed by atoms with van der Waals surface area (Å²) in [5.41, 5.74) is 6.31. The smallest absolute Gasteiger partial charge is 0.276 e. The van der Waals surface area contributed by atoms with Crippen molar-refractivity contribution in [2.45, 2.75) is 51.6 Å². The first kappa shape index (κ1) is 13.1. The van der Waals surface area contributed by atoms with Gasteiger partial charge in [0.25, 0.3) is 5.91 Å². The van der Waals surface area contributed by atoms with Gasteiger partial charge in [-0.3, -0.25) is 4.79 Å². The summed E-state index contributed by atoms with van der Waals surface area (Å²) < 4.78 is 4.97. The lowest BCUT2D eigenvalue weighted by Crippen LogP contribution is -2.44. The molecule has 0 unspecified atom stereocenters. The highest BCUT2D eigenvalue weighted by Crippen LogP contribution is 2.23. The van der Waals surface area contributed by atoms with Crippen LogP contribution in [-0.2, 0) is 0 Å². The predicted molar refractivity (Wildman–Crippen MR) is 68.2 cm³/mol. The number of nitrogens with two attached hydrogens (primary N) is 1. The van der Waals surface area contributed by atoms with E-state index in [-0.39, 0.29) is 5.91 Å². The maximum absolute atomic E-state index is 12.3. The van der Waals surface area contributed by atoms with Crippen LogP contribution in [0.2, 0.25) is 0 Å². The van der Waals surface area contributed by atoms with Gasteiger partial charge in [0.1, 0.15) is 5.76 Å². The average molecular weight is 251 g/mol. The molecule has 1 heterocycles. The average Bonchev–Trinajstić information content (AvgIpc) is 2.79. The monoisotopic (exact) mass is 251 g/mol. The zero-order valence-corrected chi connectivity index (χ0v) is 11.1. The molecular formula is C13H21N3O2. The van der Waals surface area contributed by atoms with Gasteiger partial charge in [0.2, 0.25) is 0 Å². The second-order valence-corrected chi connectivity index (χ2v) is 4.98. The molecule has 18 heavy (non-hydrogen) atoms. The standard InChI is InChI=1S/C13H21N3O2/c1-3-16(11-6-4-10(14)5-7-11)13(17)12-8-9(2)18-15-12/h8,10-11H,3-7,14H2,1-2H3. The summed E-state index contributed by atoms with van der Waals surface area (Å²) in [5.74, 6) is 0.634. The van der Waals surface area contributed by atoms with E-state index in [1.807, 2.05) is 11.8 Å². The Morgan fingerprint density at radius 3 is 2.67 bits per heavy atom. The summed E-state index contributed by atoms with van der Waals surface area (Å²) in [4.78, 5) is 14.2. The minimum Gasteiger partial charge on any atom is -0.361 e.